The van der Waals surface area contributed by atoms with Crippen LogP contribution in [0.3, 0.4) is 0 Å². The number of rotatable bonds is 2. The summed E-state index contributed by atoms with van der Waals surface area (Å²) in [7, 11) is 0. The van der Waals surface area contributed by atoms with Gasteiger partial charge in [-0.1, -0.05) is 34.4 Å². The lowest BCUT2D eigenvalue weighted by atomic mass is 9.86. The van der Waals surface area contributed by atoms with Crippen molar-refractivity contribution in [3.8, 4) is 6.07 Å². The minimum atomic E-state index is -4.96. The first-order chi connectivity index (χ1) is 12.6. The Labute approximate surface area is 159 Å². The van der Waals surface area contributed by atoms with Crippen LogP contribution >= 0.6 is 23.2 Å². The second-order valence-electron chi connectivity index (χ2n) is 5.69. The van der Waals surface area contributed by atoms with Gasteiger partial charge in [0.2, 0.25) is 0 Å². The molecule has 0 aliphatic carbocycles. The molecule has 1 aliphatic heterocycles. The molecule has 0 bridgehead atoms. The van der Waals surface area contributed by atoms with Crippen LogP contribution in [0.5, 0.6) is 0 Å². The number of hydrogen-bond donors (Lipinski definition) is 0. The van der Waals surface area contributed by atoms with Crippen LogP contribution in [0.2, 0.25) is 10.0 Å². The van der Waals surface area contributed by atoms with Gasteiger partial charge in [-0.15, -0.1) is 0 Å². The molecule has 3 nitrogen and oxygen atoms in total. The number of nitriles is 1. The van der Waals surface area contributed by atoms with E-state index in [0.29, 0.717) is 0 Å². The summed E-state index contributed by atoms with van der Waals surface area (Å²) in [5, 5.41) is 11.1. The van der Waals surface area contributed by atoms with Gasteiger partial charge in [-0.05, 0) is 24.3 Å². The maximum atomic E-state index is 13.9. The SMILES string of the molecule is N#Cc1cc(C2=NOC(c3cc(Cl)c(F)c(Cl)c3)(C(F)(F)F)C2)ccc1F. The minimum absolute atomic E-state index is 0.0818. The van der Waals surface area contributed by atoms with Crippen LogP contribution in [0.15, 0.2) is 35.5 Å². The molecule has 1 atom stereocenters. The van der Waals surface area contributed by atoms with E-state index in [0.717, 1.165) is 24.3 Å². The van der Waals surface area contributed by atoms with Gasteiger partial charge >= 0.3 is 6.18 Å². The summed E-state index contributed by atoms with van der Waals surface area (Å²) in [5.41, 5.74) is -3.93. The van der Waals surface area contributed by atoms with Crippen molar-refractivity contribution < 1.29 is 26.8 Å². The van der Waals surface area contributed by atoms with Crippen LogP contribution < -0.4 is 0 Å². The van der Waals surface area contributed by atoms with Crippen LogP contribution in [-0.2, 0) is 10.4 Å². The second-order valence-corrected chi connectivity index (χ2v) is 6.51. The Morgan fingerprint density at radius 1 is 1.11 bits per heavy atom. The van der Waals surface area contributed by atoms with Crippen molar-refractivity contribution in [1.29, 1.82) is 5.26 Å². The molecule has 0 fully saturated rings. The zero-order valence-corrected chi connectivity index (χ0v) is 14.6. The van der Waals surface area contributed by atoms with Gasteiger partial charge in [0.1, 0.15) is 11.9 Å². The van der Waals surface area contributed by atoms with E-state index in [1.807, 2.05) is 0 Å². The summed E-state index contributed by atoms with van der Waals surface area (Å²) in [6.45, 7) is 0. The number of hydrogen-bond acceptors (Lipinski definition) is 3. The average molecular weight is 421 g/mol. The van der Waals surface area contributed by atoms with Crippen LogP contribution in [0.4, 0.5) is 22.0 Å². The maximum absolute atomic E-state index is 13.9. The van der Waals surface area contributed by atoms with Crippen molar-refractivity contribution in [3.63, 3.8) is 0 Å². The van der Waals surface area contributed by atoms with Crippen molar-refractivity contribution >= 4 is 28.9 Å². The lowest BCUT2D eigenvalue weighted by molar-refractivity contribution is -0.275. The Morgan fingerprint density at radius 3 is 2.30 bits per heavy atom. The number of benzene rings is 2. The first-order valence-electron chi connectivity index (χ1n) is 7.26. The van der Waals surface area contributed by atoms with E-state index in [-0.39, 0.29) is 16.8 Å². The van der Waals surface area contributed by atoms with Crippen molar-refractivity contribution in [3.05, 3.63) is 68.7 Å². The van der Waals surface area contributed by atoms with Gasteiger partial charge in [-0.25, -0.2) is 8.78 Å². The highest BCUT2D eigenvalue weighted by Crippen LogP contribution is 2.50. The van der Waals surface area contributed by atoms with Crippen molar-refractivity contribution in [2.75, 3.05) is 0 Å². The highest BCUT2D eigenvalue weighted by Gasteiger charge is 2.62. The van der Waals surface area contributed by atoms with Crippen LogP contribution in [0.1, 0.15) is 23.1 Å². The first kappa shape index (κ1) is 19.4. The Morgan fingerprint density at radius 2 is 1.74 bits per heavy atom. The Hall–Kier alpha value is -2.37. The molecule has 3 rings (SSSR count). The molecule has 0 saturated heterocycles. The Kier molecular flexibility index (Phi) is 4.78. The van der Waals surface area contributed by atoms with E-state index in [9.17, 15) is 22.0 Å². The maximum Gasteiger partial charge on any atom is 0.435 e. The van der Waals surface area contributed by atoms with Crippen LogP contribution in [0, 0.1) is 23.0 Å². The molecule has 0 radical (unpaired) electrons. The predicted octanol–water partition coefficient (Wildman–Crippen LogP) is 5.73. The molecule has 10 heteroatoms. The fraction of sp³-hybridized carbons (Fsp3) is 0.176. The Balaban J connectivity index is 2.07. The predicted molar refractivity (Wildman–Crippen MR) is 87.5 cm³/mol. The summed E-state index contributed by atoms with van der Waals surface area (Å²) >= 11 is 11.2. The highest BCUT2D eigenvalue weighted by atomic mass is 35.5. The van der Waals surface area contributed by atoms with Gasteiger partial charge in [0, 0.05) is 17.5 Å². The lowest BCUT2D eigenvalue weighted by Crippen LogP contribution is -2.42. The molecule has 1 aliphatic rings. The van der Waals surface area contributed by atoms with Crippen molar-refractivity contribution in [2.24, 2.45) is 5.16 Å². The third-order valence-electron chi connectivity index (χ3n) is 4.06. The average Bonchev–Trinajstić information content (AvgIpc) is 3.06. The van der Waals surface area contributed by atoms with E-state index in [1.54, 1.807) is 6.07 Å². The van der Waals surface area contributed by atoms with Crippen molar-refractivity contribution in [1.82, 2.24) is 0 Å². The molecule has 0 aromatic heterocycles. The van der Waals surface area contributed by atoms with E-state index < -0.39 is 45.4 Å². The van der Waals surface area contributed by atoms with Gasteiger partial charge < -0.3 is 4.84 Å². The van der Waals surface area contributed by atoms with Crippen molar-refractivity contribution in [2.45, 2.75) is 18.2 Å². The van der Waals surface area contributed by atoms with Crippen LogP contribution in [-0.4, -0.2) is 11.9 Å². The second kappa shape index (κ2) is 6.66. The quantitative estimate of drug-likeness (QED) is 0.460. The number of alkyl halides is 3. The van der Waals surface area contributed by atoms with E-state index in [4.69, 9.17) is 33.3 Å². The zero-order chi connectivity index (χ0) is 20.0. The lowest BCUT2D eigenvalue weighted by Gasteiger charge is -2.29. The zero-order valence-electron chi connectivity index (χ0n) is 13.0. The van der Waals surface area contributed by atoms with Gasteiger partial charge in [0.25, 0.3) is 5.60 Å². The Bertz CT molecular complexity index is 977. The molecule has 2 aromatic rings. The molecule has 0 amide bonds. The van der Waals surface area contributed by atoms with Crippen LogP contribution in [0.25, 0.3) is 0 Å². The normalized spacial score (nSPS) is 19.4. The number of oxime groups is 1. The monoisotopic (exact) mass is 420 g/mol. The smallest absolute Gasteiger partial charge is 0.374 e. The molecule has 27 heavy (non-hydrogen) atoms. The van der Waals surface area contributed by atoms with E-state index in [2.05, 4.69) is 5.16 Å². The largest absolute Gasteiger partial charge is 0.435 e. The standard InChI is InChI=1S/C17H7Cl2F5N2O/c18-11-4-10(5-12(19)15(11)21)16(17(22,23)24)6-14(26-27-16)8-1-2-13(20)9(3-8)7-25/h1-5H,6H2. The molecule has 140 valence electrons. The molecular weight excluding hydrogens is 414 g/mol. The highest BCUT2D eigenvalue weighted by molar-refractivity contribution is 6.35. The summed E-state index contributed by atoms with van der Waals surface area (Å²) in [6.07, 6.45) is -5.76. The summed E-state index contributed by atoms with van der Waals surface area (Å²) in [4.78, 5) is 4.76. The fourth-order valence-corrected chi connectivity index (χ4v) is 3.12. The molecule has 0 saturated carbocycles. The molecule has 1 unspecified atom stereocenters. The first-order valence-corrected chi connectivity index (χ1v) is 8.01. The molecule has 2 aromatic carbocycles. The minimum Gasteiger partial charge on any atom is -0.374 e. The molecule has 1 heterocycles. The third-order valence-corrected chi connectivity index (χ3v) is 4.61. The van der Waals surface area contributed by atoms with Gasteiger partial charge in [-0.3, -0.25) is 0 Å². The summed E-state index contributed by atoms with van der Waals surface area (Å²) in [6, 6.07) is 6.30. The molecular formula is C17H7Cl2F5N2O. The molecule has 0 spiro atoms. The van der Waals surface area contributed by atoms with Gasteiger partial charge in [0.15, 0.2) is 5.82 Å². The van der Waals surface area contributed by atoms with E-state index >= 15 is 0 Å². The molecule has 0 N–H and O–H groups in total. The number of halogens is 7. The van der Waals surface area contributed by atoms with Gasteiger partial charge in [0.05, 0.1) is 21.3 Å². The van der Waals surface area contributed by atoms with E-state index in [1.165, 1.54) is 6.07 Å². The third kappa shape index (κ3) is 3.22. The fourth-order valence-electron chi connectivity index (χ4n) is 2.64. The summed E-state index contributed by atoms with van der Waals surface area (Å²) < 4.78 is 68.7. The summed E-state index contributed by atoms with van der Waals surface area (Å²) in [5.74, 6) is -1.88. The van der Waals surface area contributed by atoms with Gasteiger partial charge in [-0.2, -0.15) is 18.4 Å². The topological polar surface area (TPSA) is 45.4 Å². The number of nitrogens with zero attached hydrogens (tertiary/aromatic N) is 2.